The summed E-state index contributed by atoms with van der Waals surface area (Å²) in [6.45, 7) is 1.80. The molecule has 2 rings (SSSR count). The molecular weight excluding hydrogens is 315 g/mol. The Balaban J connectivity index is 2.31. The number of rotatable bonds is 4. The van der Waals surface area contributed by atoms with Gasteiger partial charge in [-0.2, -0.15) is 0 Å². The Morgan fingerprint density at radius 2 is 1.81 bits per heavy atom. The van der Waals surface area contributed by atoms with Crippen LogP contribution in [0.15, 0.2) is 47.4 Å². The molecule has 3 N–H and O–H groups in total. The molecule has 0 radical (unpaired) electrons. The zero-order chi connectivity index (χ0) is 15.6. The summed E-state index contributed by atoms with van der Waals surface area (Å²) in [6.07, 6.45) is 0. The molecule has 0 fully saturated rings. The number of halogens is 2. The number of nitrogens with two attached hydrogens (primary N) is 1. The van der Waals surface area contributed by atoms with E-state index >= 15 is 0 Å². The summed E-state index contributed by atoms with van der Waals surface area (Å²) in [6, 6.07) is 9.41. The van der Waals surface area contributed by atoms with Gasteiger partial charge in [0, 0.05) is 6.04 Å². The van der Waals surface area contributed by atoms with Crippen molar-refractivity contribution in [3.63, 3.8) is 0 Å². The number of hydrogen-bond donors (Lipinski definition) is 2. The van der Waals surface area contributed by atoms with Gasteiger partial charge >= 0.3 is 0 Å². The summed E-state index contributed by atoms with van der Waals surface area (Å²) in [5, 5.41) is 0.118. The van der Waals surface area contributed by atoms with Gasteiger partial charge < -0.3 is 5.73 Å². The van der Waals surface area contributed by atoms with Crippen molar-refractivity contribution < 1.29 is 12.8 Å². The quantitative estimate of drug-likeness (QED) is 0.904. The molecule has 0 saturated heterocycles. The van der Waals surface area contributed by atoms with E-state index < -0.39 is 15.8 Å². The van der Waals surface area contributed by atoms with Gasteiger partial charge in [0.05, 0.1) is 15.6 Å². The van der Waals surface area contributed by atoms with E-state index in [0.717, 1.165) is 17.7 Å². The fourth-order valence-corrected chi connectivity index (χ4v) is 3.02. The van der Waals surface area contributed by atoms with Gasteiger partial charge in [-0.05, 0) is 42.8 Å². The highest BCUT2D eigenvalue weighted by Gasteiger charge is 2.16. The lowest BCUT2D eigenvalue weighted by molar-refractivity contribution is 0.601. The van der Waals surface area contributed by atoms with Crippen molar-refractivity contribution >= 4 is 27.3 Å². The fraction of sp³-hybridized carbons (Fsp3) is 0.143. The van der Waals surface area contributed by atoms with E-state index in [4.69, 9.17) is 17.3 Å². The second-order valence-corrected chi connectivity index (χ2v) is 6.68. The number of anilines is 1. The van der Waals surface area contributed by atoms with Crippen molar-refractivity contribution in [1.29, 1.82) is 0 Å². The van der Waals surface area contributed by atoms with E-state index in [-0.39, 0.29) is 21.6 Å². The number of hydrogen-bond acceptors (Lipinski definition) is 3. The van der Waals surface area contributed by atoms with E-state index in [9.17, 15) is 12.8 Å². The third-order valence-electron chi connectivity index (χ3n) is 2.89. The number of nitrogens with one attached hydrogen (secondary N) is 1. The summed E-state index contributed by atoms with van der Waals surface area (Å²) in [5.74, 6) is -0.579. The molecule has 112 valence electrons. The lowest BCUT2D eigenvalue weighted by Gasteiger charge is -2.11. The minimum absolute atomic E-state index is 0.00654. The van der Waals surface area contributed by atoms with E-state index in [2.05, 4.69) is 4.72 Å². The zero-order valence-corrected chi connectivity index (χ0v) is 12.7. The highest BCUT2D eigenvalue weighted by Crippen LogP contribution is 2.25. The molecule has 0 aliphatic carbocycles. The standard InChI is InChI=1S/C14H14ClFN2O2S/c1-9(17)10-2-5-12(6-3-10)21(19,20)18-14-8-11(16)4-7-13(14)15/h2-9,18H,17H2,1H3. The normalized spacial score (nSPS) is 13.0. The third kappa shape index (κ3) is 3.72. The Morgan fingerprint density at radius 1 is 1.19 bits per heavy atom. The molecule has 0 saturated carbocycles. The largest absolute Gasteiger partial charge is 0.324 e. The zero-order valence-electron chi connectivity index (χ0n) is 11.2. The maximum Gasteiger partial charge on any atom is 0.261 e. The van der Waals surface area contributed by atoms with Crippen LogP contribution in [0.2, 0.25) is 5.02 Å². The van der Waals surface area contributed by atoms with Gasteiger partial charge in [0.2, 0.25) is 0 Å². The molecule has 21 heavy (non-hydrogen) atoms. The van der Waals surface area contributed by atoms with E-state index in [1.807, 2.05) is 0 Å². The minimum Gasteiger partial charge on any atom is -0.324 e. The van der Waals surface area contributed by atoms with Gasteiger partial charge in [-0.25, -0.2) is 12.8 Å². The monoisotopic (exact) mass is 328 g/mol. The Bertz CT molecular complexity index is 746. The van der Waals surface area contributed by atoms with Crippen LogP contribution in [0.25, 0.3) is 0 Å². The maximum atomic E-state index is 13.2. The van der Waals surface area contributed by atoms with Crippen LogP contribution in [0.3, 0.4) is 0 Å². The lowest BCUT2D eigenvalue weighted by atomic mass is 10.1. The first kappa shape index (κ1) is 15.8. The Morgan fingerprint density at radius 3 is 2.38 bits per heavy atom. The van der Waals surface area contributed by atoms with Gasteiger partial charge in [0.15, 0.2) is 0 Å². The van der Waals surface area contributed by atoms with Crippen molar-refractivity contribution in [3.8, 4) is 0 Å². The molecule has 0 spiro atoms. The fourth-order valence-electron chi connectivity index (χ4n) is 1.73. The SMILES string of the molecule is CC(N)c1ccc(S(=O)(=O)Nc2cc(F)ccc2Cl)cc1. The number of sulfonamides is 1. The van der Waals surface area contributed by atoms with Gasteiger partial charge in [-0.3, -0.25) is 4.72 Å². The minimum atomic E-state index is -3.84. The summed E-state index contributed by atoms with van der Waals surface area (Å²) in [4.78, 5) is 0.0484. The van der Waals surface area contributed by atoms with Crippen LogP contribution in [0.5, 0.6) is 0 Å². The predicted molar refractivity (Wildman–Crippen MR) is 81.3 cm³/mol. The van der Waals surface area contributed by atoms with Crippen molar-refractivity contribution in [2.24, 2.45) is 5.73 Å². The van der Waals surface area contributed by atoms with Crippen LogP contribution in [0.4, 0.5) is 10.1 Å². The first-order valence-electron chi connectivity index (χ1n) is 6.13. The molecule has 0 aliphatic rings. The second kappa shape index (κ2) is 6.01. The van der Waals surface area contributed by atoms with Crippen LogP contribution in [0.1, 0.15) is 18.5 Å². The average Bonchev–Trinajstić information content (AvgIpc) is 2.43. The smallest absolute Gasteiger partial charge is 0.261 e. The van der Waals surface area contributed by atoms with Crippen molar-refractivity contribution in [1.82, 2.24) is 0 Å². The second-order valence-electron chi connectivity index (χ2n) is 4.59. The van der Waals surface area contributed by atoms with Crippen molar-refractivity contribution in [3.05, 3.63) is 58.9 Å². The van der Waals surface area contributed by atoms with Gasteiger partial charge in [0.25, 0.3) is 10.0 Å². The summed E-state index contributed by atoms with van der Waals surface area (Å²) >= 11 is 5.85. The predicted octanol–water partition coefficient (Wildman–Crippen LogP) is 3.30. The summed E-state index contributed by atoms with van der Waals surface area (Å²) < 4.78 is 39.9. The van der Waals surface area contributed by atoms with Gasteiger partial charge in [-0.1, -0.05) is 23.7 Å². The maximum absolute atomic E-state index is 13.2. The van der Waals surface area contributed by atoms with Gasteiger partial charge in [0.1, 0.15) is 5.82 Å². The molecule has 0 aromatic heterocycles. The Labute approximate surface area is 127 Å². The van der Waals surface area contributed by atoms with Crippen LogP contribution >= 0.6 is 11.6 Å². The van der Waals surface area contributed by atoms with Crippen molar-refractivity contribution in [2.75, 3.05) is 4.72 Å². The highest BCUT2D eigenvalue weighted by molar-refractivity contribution is 7.92. The first-order valence-corrected chi connectivity index (χ1v) is 7.99. The van der Waals surface area contributed by atoms with E-state index in [1.54, 1.807) is 19.1 Å². The molecule has 1 atom stereocenters. The van der Waals surface area contributed by atoms with Crippen LogP contribution in [-0.2, 0) is 10.0 Å². The molecule has 4 nitrogen and oxygen atoms in total. The average molecular weight is 329 g/mol. The molecule has 0 amide bonds. The molecular formula is C14H14ClFN2O2S. The topological polar surface area (TPSA) is 72.2 Å². The lowest BCUT2D eigenvalue weighted by Crippen LogP contribution is -2.14. The molecule has 7 heteroatoms. The molecule has 0 bridgehead atoms. The van der Waals surface area contributed by atoms with Crippen LogP contribution < -0.4 is 10.5 Å². The molecule has 2 aromatic carbocycles. The molecule has 2 aromatic rings. The Hall–Kier alpha value is -1.63. The molecule has 1 unspecified atom stereocenters. The third-order valence-corrected chi connectivity index (χ3v) is 4.60. The molecule has 0 heterocycles. The first-order chi connectivity index (χ1) is 9.79. The summed E-state index contributed by atoms with van der Waals surface area (Å²) in [5.41, 5.74) is 6.52. The van der Waals surface area contributed by atoms with Crippen molar-refractivity contribution in [2.45, 2.75) is 17.9 Å². The molecule has 0 aliphatic heterocycles. The van der Waals surface area contributed by atoms with Gasteiger partial charge in [-0.15, -0.1) is 0 Å². The van der Waals surface area contributed by atoms with E-state index in [0.29, 0.717) is 0 Å². The van der Waals surface area contributed by atoms with E-state index in [1.165, 1.54) is 18.2 Å². The highest BCUT2D eigenvalue weighted by atomic mass is 35.5. The van der Waals surface area contributed by atoms with Crippen LogP contribution in [-0.4, -0.2) is 8.42 Å². The Kier molecular flexibility index (Phi) is 4.51. The van der Waals surface area contributed by atoms with Crippen LogP contribution in [0, 0.1) is 5.82 Å². The summed E-state index contributed by atoms with van der Waals surface area (Å²) in [7, 11) is -3.84. The number of benzene rings is 2.